The van der Waals surface area contributed by atoms with Gasteiger partial charge in [-0.15, -0.1) is 0 Å². The first-order chi connectivity index (χ1) is 12.1. The maximum absolute atomic E-state index is 13.2. The van der Waals surface area contributed by atoms with Crippen LogP contribution in [-0.2, 0) is 19.5 Å². The summed E-state index contributed by atoms with van der Waals surface area (Å²) in [4.78, 5) is 0.325. The highest BCUT2D eigenvalue weighted by molar-refractivity contribution is 7.89. The molecule has 2 aromatic rings. The Morgan fingerprint density at radius 1 is 1.08 bits per heavy atom. The van der Waals surface area contributed by atoms with Gasteiger partial charge in [0.1, 0.15) is 5.60 Å². The first-order valence-electron chi connectivity index (χ1n) is 8.51. The molecule has 2 heterocycles. The van der Waals surface area contributed by atoms with Crippen molar-refractivity contribution in [1.82, 2.24) is 9.62 Å². The molecule has 0 amide bonds. The van der Waals surface area contributed by atoms with Gasteiger partial charge >= 0.3 is 0 Å². The Labute approximate surface area is 147 Å². The number of benzene rings is 2. The molecule has 1 spiro atoms. The summed E-state index contributed by atoms with van der Waals surface area (Å²) in [6.07, 6.45) is 0. The Morgan fingerprint density at radius 3 is 2.80 bits per heavy atom. The van der Waals surface area contributed by atoms with Crippen LogP contribution in [0.1, 0.15) is 0 Å². The SMILES string of the molecule is O=S(=O)(c1ccc2ccccc2c1)N1CCO[C@@]2(CNCCOC2)C1. The average Bonchev–Trinajstić information content (AvgIpc) is 2.86. The summed E-state index contributed by atoms with van der Waals surface area (Å²) in [6.45, 7) is 3.40. The van der Waals surface area contributed by atoms with Gasteiger partial charge in [-0.3, -0.25) is 0 Å². The molecular formula is C18H22N2O4S. The molecule has 2 aliphatic rings. The number of sulfonamides is 1. The number of hydrogen-bond donors (Lipinski definition) is 1. The van der Waals surface area contributed by atoms with Crippen molar-refractivity contribution in [2.24, 2.45) is 0 Å². The molecule has 4 rings (SSSR count). The topological polar surface area (TPSA) is 67.9 Å². The second-order valence-electron chi connectivity index (χ2n) is 6.61. The molecule has 0 bridgehead atoms. The number of rotatable bonds is 2. The summed E-state index contributed by atoms with van der Waals surface area (Å²) < 4.78 is 39.4. The lowest BCUT2D eigenvalue weighted by molar-refractivity contribution is -0.118. The van der Waals surface area contributed by atoms with E-state index in [9.17, 15) is 8.42 Å². The number of nitrogens with zero attached hydrogens (tertiary/aromatic N) is 1. The Kier molecular flexibility index (Phi) is 4.51. The average molecular weight is 362 g/mol. The Hall–Kier alpha value is -1.51. The van der Waals surface area contributed by atoms with Crippen LogP contribution in [0.25, 0.3) is 10.8 Å². The highest BCUT2D eigenvalue weighted by Gasteiger charge is 2.42. The lowest BCUT2D eigenvalue weighted by atomic mass is 10.0. The van der Waals surface area contributed by atoms with Crippen LogP contribution in [0.15, 0.2) is 47.4 Å². The van der Waals surface area contributed by atoms with E-state index in [4.69, 9.17) is 9.47 Å². The van der Waals surface area contributed by atoms with Crippen LogP contribution in [0.4, 0.5) is 0 Å². The first-order valence-corrected chi connectivity index (χ1v) is 9.95. The summed E-state index contributed by atoms with van der Waals surface area (Å²) in [5.74, 6) is 0. The van der Waals surface area contributed by atoms with Gasteiger partial charge in [0, 0.05) is 26.2 Å². The van der Waals surface area contributed by atoms with E-state index in [-0.39, 0.29) is 0 Å². The van der Waals surface area contributed by atoms with Gasteiger partial charge in [0.25, 0.3) is 0 Å². The van der Waals surface area contributed by atoms with Crippen molar-refractivity contribution in [2.45, 2.75) is 10.5 Å². The minimum absolute atomic E-state index is 0.301. The molecule has 0 radical (unpaired) electrons. The fraction of sp³-hybridized carbons (Fsp3) is 0.444. The predicted molar refractivity (Wildman–Crippen MR) is 95.1 cm³/mol. The molecule has 0 aliphatic carbocycles. The maximum Gasteiger partial charge on any atom is 0.243 e. The van der Waals surface area contributed by atoms with Crippen molar-refractivity contribution in [3.8, 4) is 0 Å². The van der Waals surface area contributed by atoms with E-state index in [0.29, 0.717) is 44.4 Å². The third-order valence-electron chi connectivity index (χ3n) is 4.81. The van der Waals surface area contributed by atoms with Gasteiger partial charge < -0.3 is 14.8 Å². The Morgan fingerprint density at radius 2 is 1.92 bits per heavy atom. The summed E-state index contributed by atoms with van der Waals surface area (Å²) >= 11 is 0. The van der Waals surface area contributed by atoms with E-state index < -0.39 is 15.6 Å². The molecule has 0 aromatic heterocycles. The minimum atomic E-state index is -3.57. The Bertz CT molecular complexity index is 860. The summed E-state index contributed by atoms with van der Waals surface area (Å²) in [6, 6.07) is 13.0. The van der Waals surface area contributed by atoms with Crippen LogP contribution in [0.3, 0.4) is 0 Å². The number of fused-ring (bicyclic) bond motifs is 1. The second kappa shape index (κ2) is 6.66. The quantitative estimate of drug-likeness (QED) is 0.870. The third-order valence-corrected chi connectivity index (χ3v) is 6.65. The normalized spacial score (nSPS) is 25.9. The summed E-state index contributed by atoms with van der Waals surface area (Å²) in [7, 11) is -3.57. The zero-order valence-electron chi connectivity index (χ0n) is 14.0. The fourth-order valence-corrected chi connectivity index (χ4v) is 4.99. The van der Waals surface area contributed by atoms with Crippen LogP contribution in [-0.4, -0.2) is 64.3 Å². The van der Waals surface area contributed by atoms with Gasteiger partial charge in [0.05, 0.1) is 24.7 Å². The number of nitrogens with one attached hydrogen (secondary N) is 1. The van der Waals surface area contributed by atoms with Gasteiger partial charge in [0.15, 0.2) is 0 Å². The van der Waals surface area contributed by atoms with Crippen molar-refractivity contribution in [2.75, 3.05) is 46.0 Å². The van der Waals surface area contributed by atoms with Crippen molar-refractivity contribution in [3.05, 3.63) is 42.5 Å². The second-order valence-corrected chi connectivity index (χ2v) is 8.55. The van der Waals surface area contributed by atoms with Gasteiger partial charge in [-0.2, -0.15) is 4.31 Å². The maximum atomic E-state index is 13.2. The van der Waals surface area contributed by atoms with Crippen LogP contribution < -0.4 is 5.32 Å². The Balaban J connectivity index is 1.64. The van der Waals surface area contributed by atoms with Gasteiger partial charge in [-0.05, 0) is 22.9 Å². The molecule has 0 saturated carbocycles. The number of ether oxygens (including phenoxy) is 2. The molecule has 1 N–H and O–H groups in total. The largest absolute Gasteiger partial charge is 0.377 e. The van der Waals surface area contributed by atoms with E-state index in [2.05, 4.69) is 5.32 Å². The fourth-order valence-electron chi connectivity index (χ4n) is 3.46. The van der Waals surface area contributed by atoms with Crippen molar-refractivity contribution >= 4 is 20.8 Å². The van der Waals surface area contributed by atoms with Gasteiger partial charge in [-0.25, -0.2) is 8.42 Å². The van der Waals surface area contributed by atoms with Crippen LogP contribution in [0.5, 0.6) is 0 Å². The molecule has 134 valence electrons. The highest BCUT2D eigenvalue weighted by atomic mass is 32.2. The number of hydrogen-bond acceptors (Lipinski definition) is 5. The summed E-state index contributed by atoms with van der Waals surface area (Å²) in [5, 5.41) is 5.22. The molecule has 0 unspecified atom stereocenters. The van der Waals surface area contributed by atoms with E-state index in [1.54, 1.807) is 12.1 Å². The van der Waals surface area contributed by atoms with E-state index in [1.165, 1.54) is 4.31 Å². The molecule has 6 nitrogen and oxygen atoms in total. The highest BCUT2D eigenvalue weighted by Crippen LogP contribution is 2.27. The first kappa shape index (κ1) is 16.9. The predicted octanol–water partition coefficient (Wildman–Crippen LogP) is 1.22. The van der Waals surface area contributed by atoms with Gasteiger partial charge in [0.2, 0.25) is 10.0 Å². The van der Waals surface area contributed by atoms with Crippen LogP contribution in [0.2, 0.25) is 0 Å². The standard InChI is InChI=1S/C18H22N2O4S/c21-25(22,17-6-5-15-3-1-2-4-16(15)11-17)20-8-10-24-18(13-20)12-19-7-9-23-14-18/h1-6,11,19H,7-10,12-14H2/t18-/m0/s1. The lowest BCUT2D eigenvalue weighted by Gasteiger charge is -2.41. The van der Waals surface area contributed by atoms with Crippen LogP contribution >= 0.6 is 0 Å². The molecule has 2 aromatic carbocycles. The molecule has 2 saturated heterocycles. The molecular weight excluding hydrogens is 340 g/mol. The molecule has 2 aliphatic heterocycles. The van der Waals surface area contributed by atoms with Gasteiger partial charge in [-0.1, -0.05) is 30.3 Å². The zero-order chi connectivity index (χ0) is 17.3. The van der Waals surface area contributed by atoms with Crippen LogP contribution in [0, 0.1) is 0 Å². The molecule has 2 fully saturated rings. The van der Waals surface area contributed by atoms with Crippen molar-refractivity contribution < 1.29 is 17.9 Å². The monoisotopic (exact) mass is 362 g/mol. The van der Waals surface area contributed by atoms with E-state index in [0.717, 1.165) is 17.3 Å². The van der Waals surface area contributed by atoms with E-state index in [1.807, 2.05) is 30.3 Å². The zero-order valence-corrected chi connectivity index (χ0v) is 14.8. The van der Waals surface area contributed by atoms with Crippen molar-refractivity contribution in [1.29, 1.82) is 0 Å². The third kappa shape index (κ3) is 3.30. The van der Waals surface area contributed by atoms with Crippen molar-refractivity contribution in [3.63, 3.8) is 0 Å². The smallest absolute Gasteiger partial charge is 0.243 e. The molecule has 1 atom stereocenters. The number of morpholine rings is 1. The minimum Gasteiger partial charge on any atom is -0.377 e. The summed E-state index contributed by atoms with van der Waals surface area (Å²) in [5.41, 5.74) is -0.612. The molecule has 7 heteroatoms. The molecule has 25 heavy (non-hydrogen) atoms. The van der Waals surface area contributed by atoms with E-state index >= 15 is 0 Å². The lowest BCUT2D eigenvalue weighted by Crippen LogP contribution is -2.59.